The minimum atomic E-state index is -3.81. The van der Waals surface area contributed by atoms with E-state index in [0.717, 1.165) is 6.42 Å². The fourth-order valence-electron chi connectivity index (χ4n) is 3.08. The standard InChI is InChI=1S/C16H19N3O6S/c1-11-17-15(25-18-11)16(20)5-6-19(10-16)26(21,22)12-3-4-13-14(9-12)24-8-2-7-23-13/h3-4,9,20H,2,5-8,10H2,1H3. The Balaban J connectivity index is 1.60. The molecule has 140 valence electrons. The number of rotatable bonds is 3. The van der Waals surface area contributed by atoms with Crippen molar-refractivity contribution in [1.29, 1.82) is 0 Å². The molecule has 1 fully saturated rings. The van der Waals surface area contributed by atoms with Crippen molar-refractivity contribution in [2.24, 2.45) is 0 Å². The van der Waals surface area contributed by atoms with Gasteiger partial charge in [0, 0.05) is 25.5 Å². The SMILES string of the molecule is Cc1noc(C2(O)CCN(S(=O)(=O)c3ccc4c(c3)OCCCO4)C2)n1. The molecule has 1 atom stereocenters. The lowest BCUT2D eigenvalue weighted by molar-refractivity contribution is 0.0194. The van der Waals surface area contributed by atoms with Gasteiger partial charge < -0.3 is 19.1 Å². The average Bonchev–Trinajstić information content (AvgIpc) is 3.15. The third-order valence-electron chi connectivity index (χ3n) is 4.50. The van der Waals surface area contributed by atoms with Crippen LogP contribution in [0.25, 0.3) is 0 Å². The van der Waals surface area contributed by atoms with Crippen LogP contribution in [0.3, 0.4) is 0 Å². The van der Waals surface area contributed by atoms with Crippen molar-refractivity contribution >= 4 is 10.0 Å². The van der Waals surface area contributed by atoms with E-state index in [0.29, 0.717) is 30.5 Å². The number of fused-ring (bicyclic) bond motifs is 1. The van der Waals surface area contributed by atoms with Gasteiger partial charge >= 0.3 is 0 Å². The third kappa shape index (κ3) is 2.93. The van der Waals surface area contributed by atoms with Crippen LogP contribution in [0.2, 0.25) is 0 Å². The quantitative estimate of drug-likeness (QED) is 0.831. The van der Waals surface area contributed by atoms with Crippen molar-refractivity contribution in [3.8, 4) is 11.5 Å². The second-order valence-corrected chi connectivity index (χ2v) is 8.36. The van der Waals surface area contributed by atoms with E-state index in [1.54, 1.807) is 13.0 Å². The van der Waals surface area contributed by atoms with Gasteiger partial charge in [0.2, 0.25) is 10.0 Å². The number of aliphatic hydroxyl groups is 1. The van der Waals surface area contributed by atoms with Gasteiger partial charge in [0.25, 0.3) is 5.89 Å². The molecule has 2 aliphatic heterocycles. The van der Waals surface area contributed by atoms with Crippen molar-refractivity contribution in [2.75, 3.05) is 26.3 Å². The van der Waals surface area contributed by atoms with E-state index in [-0.39, 0.29) is 30.3 Å². The maximum Gasteiger partial charge on any atom is 0.260 e. The molecule has 1 aromatic carbocycles. The Kier molecular flexibility index (Phi) is 4.13. The van der Waals surface area contributed by atoms with Gasteiger partial charge in [0.05, 0.1) is 24.7 Å². The van der Waals surface area contributed by atoms with Crippen molar-refractivity contribution in [2.45, 2.75) is 30.3 Å². The summed E-state index contributed by atoms with van der Waals surface area (Å²) in [4.78, 5) is 4.13. The summed E-state index contributed by atoms with van der Waals surface area (Å²) >= 11 is 0. The number of hydrogen-bond acceptors (Lipinski definition) is 8. The second-order valence-electron chi connectivity index (χ2n) is 6.43. The van der Waals surface area contributed by atoms with Crippen LogP contribution in [0.4, 0.5) is 0 Å². The molecule has 0 aliphatic carbocycles. The number of sulfonamides is 1. The fourth-order valence-corrected chi connectivity index (χ4v) is 4.59. The molecular formula is C16H19N3O6S. The van der Waals surface area contributed by atoms with Crippen molar-refractivity contribution in [1.82, 2.24) is 14.4 Å². The second kappa shape index (κ2) is 6.22. The summed E-state index contributed by atoms with van der Waals surface area (Å²) in [6.07, 6.45) is 0.915. The molecule has 2 aliphatic rings. The summed E-state index contributed by atoms with van der Waals surface area (Å²) in [7, 11) is -3.81. The maximum atomic E-state index is 13.0. The summed E-state index contributed by atoms with van der Waals surface area (Å²) in [6.45, 7) is 2.63. The van der Waals surface area contributed by atoms with Crippen molar-refractivity contribution in [3.63, 3.8) is 0 Å². The molecule has 26 heavy (non-hydrogen) atoms. The molecule has 0 radical (unpaired) electrons. The molecule has 0 bridgehead atoms. The van der Waals surface area contributed by atoms with Crippen LogP contribution in [0.5, 0.6) is 11.5 Å². The average molecular weight is 381 g/mol. The molecule has 10 heteroatoms. The highest BCUT2D eigenvalue weighted by molar-refractivity contribution is 7.89. The monoisotopic (exact) mass is 381 g/mol. The lowest BCUT2D eigenvalue weighted by Gasteiger charge is -2.20. The first-order valence-electron chi connectivity index (χ1n) is 8.31. The Morgan fingerprint density at radius 1 is 1.23 bits per heavy atom. The first-order valence-corrected chi connectivity index (χ1v) is 9.75. The van der Waals surface area contributed by atoms with Crippen LogP contribution >= 0.6 is 0 Å². The van der Waals surface area contributed by atoms with Gasteiger partial charge in [-0.2, -0.15) is 9.29 Å². The van der Waals surface area contributed by atoms with Crippen LogP contribution < -0.4 is 9.47 Å². The van der Waals surface area contributed by atoms with Gasteiger partial charge in [-0.15, -0.1) is 0 Å². The summed E-state index contributed by atoms with van der Waals surface area (Å²) in [5, 5.41) is 14.4. The molecular weight excluding hydrogens is 362 g/mol. The topological polar surface area (TPSA) is 115 Å². The number of benzene rings is 1. The van der Waals surface area contributed by atoms with Crippen LogP contribution in [-0.2, 0) is 15.6 Å². The normalized spacial score (nSPS) is 23.8. The molecule has 3 heterocycles. The highest BCUT2D eigenvalue weighted by Gasteiger charge is 2.46. The highest BCUT2D eigenvalue weighted by atomic mass is 32.2. The predicted octanol–water partition coefficient (Wildman–Crippen LogP) is 0.822. The molecule has 1 aromatic heterocycles. The van der Waals surface area contributed by atoms with E-state index in [1.165, 1.54) is 16.4 Å². The van der Waals surface area contributed by atoms with E-state index < -0.39 is 15.6 Å². The zero-order valence-corrected chi connectivity index (χ0v) is 15.0. The molecule has 1 N–H and O–H groups in total. The van der Waals surface area contributed by atoms with E-state index >= 15 is 0 Å². The molecule has 4 rings (SSSR count). The molecule has 2 aromatic rings. The number of nitrogens with zero attached hydrogens (tertiary/aromatic N) is 3. The Morgan fingerprint density at radius 3 is 2.73 bits per heavy atom. The zero-order valence-electron chi connectivity index (χ0n) is 14.2. The largest absolute Gasteiger partial charge is 0.490 e. The Bertz CT molecular complexity index is 928. The highest BCUT2D eigenvalue weighted by Crippen LogP contribution is 2.37. The molecule has 9 nitrogen and oxygen atoms in total. The number of β-amino-alcohol motifs (C(OH)–C–C–N with tert-alkyl or cyclic N) is 1. The molecule has 0 amide bonds. The lowest BCUT2D eigenvalue weighted by Crippen LogP contribution is -2.34. The Morgan fingerprint density at radius 2 is 2.00 bits per heavy atom. The Labute approximate surface area is 150 Å². The minimum absolute atomic E-state index is 0.0337. The van der Waals surface area contributed by atoms with Gasteiger partial charge in [0.15, 0.2) is 22.9 Å². The molecule has 1 saturated heterocycles. The number of hydrogen-bond donors (Lipinski definition) is 1. The van der Waals surface area contributed by atoms with Gasteiger partial charge in [-0.05, 0) is 19.1 Å². The van der Waals surface area contributed by atoms with Crippen molar-refractivity contribution < 1.29 is 27.5 Å². The van der Waals surface area contributed by atoms with Crippen LogP contribution in [-0.4, -0.2) is 54.3 Å². The van der Waals surface area contributed by atoms with Gasteiger partial charge in [-0.1, -0.05) is 5.16 Å². The van der Waals surface area contributed by atoms with Crippen LogP contribution in [0.1, 0.15) is 24.6 Å². The molecule has 0 saturated carbocycles. The number of ether oxygens (including phenoxy) is 2. The summed E-state index contributed by atoms with van der Waals surface area (Å²) < 4.78 is 43.3. The fraction of sp³-hybridized carbons (Fsp3) is 0.500. The smallest absolute Gasteiger partial charge is 0.260 e. The van der Waals surface area contributed by atoms with E-state index in [4.69, 9.17) is 14.0 Å². The van der Waals surface area contributed by atoms with E-state index in [1.807, 2.05) is 0 Å². The number of aryl methyl sites for hydroxylation is 1. The minimum Gasteiger partial charge on any atom is -0.490 e. The lowest BCUT2D eigenvalue weighted by atomic mass is 10.0. The Hall–Kier alpha value is -2.17. The first kappa shape index (κ1) is 17.3. The number of aromatic nitrogens is 2. The van der Waals surface area contributed by atoms with Crippen LogP contribution in [0, 0.1) is 6.92 Å². The van der Waals surface area contributed by atoms with Gasteiger partial charge in [-0.3, -0.25) is 0 Å². The molecule has 1 unspecified atom stereocenters. The van der Waals surface area contributed by atoms with Gasteiger partial charge in [-0.25, -0.2) is 8.42 Å². The summed E-state index contributed by atoms with van der Waals surface area (Å²) in [6, 6.07) is 4.54. The van der Waals surface area contributed by atoms with Crippen LogP contribution in [0.15, 0.2) is 27.6 Å². The van der Waals surface area contributed by atoms with Crippen molar-refractivity contribution in [3.05, 3.63) is 29.9 Å². The summed E-state index contributed by atoms with van der Waals surface area (Å²) in [5.74, 6) is 1.36. The summed E-state index contributed by atoms with van der Waals surface area (Å²) in [5.41, 5.74) is -1.49. The maximum absolute atomic E-state index is 13.0. The van der Waals surface area contributed by atoms with E-state index in [9.17, 15) is 13.5 Å². The predicted molar refractivity (Wildman–Crippen MR) is 88.4 cm³/mol. The zero-order chi connectivity index (χ0) is 18.4. The van der Waals surface area contributed by atoms with Gasteiger partial charge in [0.1, 0.15) is 0 Å². The molecule has 0 spiro atoms. The van der Waals surface area contributed by atoms with E-state index in [2.05, 4.69) is 10.1 Å². The first-order chi connectivity index (χ1) is 12.4. The third-order valence-corrected chi connectivity index (χ3v) is 6.34.